The zero-order valence-corrected chi connectivity index (χ0v) is 9.71. The van der Waals surface area contributed by atoms with Gasteiger partial charge in [-0.25, -0.2) is 0 Å². The lowest BCUT2D eigenvalue weighted by molar-refractivity contribution is 0.0863. The molecule has 0 N–H and O–H groups in total. The van der Waals surface area contributed by atoms with Crippen LogP contribution in [0.15, 0.2) is 24.3 Å². The van der Waals surface area contributed by atoms with Gasteiger partial charge in [-0.05, 0) is 24.6 Å². The molecule has 0 bridgehead atoms. The SMILES string of the molecule is CCCN([Si])C(=O)c1cccc(Cl)c1. The van der Waals surface area contributed by atoms with E-state index in [4.69, 9.17) is 11.6 Å². The summed E-state index contributed by atoms with van der Waals surface area (Å²) in [7, 11) is 3.26. The van der Waals surface area contributed by atoms with Gasteiger partial charge < -0.3 is 4.57 Å². The highest BCUT2D eigenvalue weighted by Crippen LogP contribution is 2.12. The van der Waals surface area contributed by atoms with Gasteiger partial charge in [-0.15, -0.1) is 0 Å². The van der Waals surface area contributed by atoms with Gasteiger partial charge in [0.1, 0.15) is 0 Å². The molecule has 0 saturated carbocycles. The molecule has 1 rings (SSSR count). The standard InChI is InChI=1S/C10H11ClNOSi/c1-2-6-12(14)10(13)8-4-3-5-9(11)7-8/h3-5,7H,2,6H2,1H3. The summed E-state index contributed by atoms with van der Waals surface area (Å²) in [5, 5.41) is 0.576. The van der Waals surface area contributed by atoms with E-state index in [-0.39, 0.29) is 5.91 Å². The predicted molar refractivity (Wildman–Crippen MR) is 58.5 cm³/mol. The van der Waals surface area contributed by atoms with Crippen LogP contribution in [0, 0.1) is 0 Å². The normalized spacial score (nSPS) is 9.93. The van der Waals surface area contributed by atoms with E-state index >= 15 is 0 Å². The second-order valence-electron chi connectivity index (χ2n) is 2.97. The second kappa shape index (κ2) is 5.17. The number of amides is 1. The minimum Gasteiger partial charge on any atom is -0.367 e. The Morgan fingerprint density at radius 1 is 1.57 bits per heavy atom. The van der Waals surface area contributed by atoms with E-state index in [0.29, 0.717) is 17.1 Å². The Morgan fingerprint density at radius 3 is 2.86 bits per heavy atom. The molecule has 0 aliphatic heterocycles. The number of hydrogen-bond acceptors (Lipinski definition) is 1. The van der Waals surface area contributed by atoms with Crippen molar-refractivity contribution in [2.75, 3.05) is 6.54 Å². The zero-order valence-electron chi connectivity index (χ0n) is 7.96. The van der Waals surface area contributed by atoms with Gasteiger partial charge in [0.25, 0.3) is 0 Å². The molecule has 1 aromatic rings. The topological polar surface area (TPSA) is 20.3 Å². The van der Waals surface area contributed by atoms with Gasteiger partial charge in [-0.2, -0.15) is 0 Å². The van der Waals surface area contributed by atoms with Crippen molar-refractivity contribution in [1.82, 2.24) is 4.57 Å². The molecule has 0 atom stereocenters. The van der Waals surface area contributed by atoms with E-state index in [2.05, 4.69) is 10.4 Å². The van der Waals surface area contributed by atoms with Crippen molar-refractivity contribution < 1.29 is 4.79 Å². The summed E-state index contributed by atoms with van der Waals surface area (Å²) in [6.45, 7) is 2.70. The van der Waals surface area contributed by atoms with Crippen LogP contribution >= 0.6 is 11.6 Å². The van der Waals surface area contributed by atoms with Crippen molar-refractivity contribution in [3.05, 3.63) is 34.9 Å². The quantitative estimate of drug-likeness (QED) is 0.722. The summed E-state index contributed by atoms with van der Waals surface area (Å²) in [5.74, 6) is -0.0639. The highest BCUT2D eigenvalue weighted by atomic mass is 35.5. The number of rotatable bonds is 3. The van der Waals surface area contributed by atoms with Gasteiger partial charge in [-0.3, -0.25) is 4.79 Å². The highest BCUT2D eigenvalue weighted by Gasteiger charge is 2.10. The van der Waals surface area contributed by atoms with Crippen molar-refractivity contribution in [1.29, 1.82) is 0 Å². The van der Waals surface area contributed by atoms with Crippen molar-refractivity contribution >= 4 is 27.9 Å². The minimum atomic E-state index is -0.0639. The Labute approximate surface area is 92.4 Å². The Kier molecular flexibility index (Phi) is 4.16. The number of halogens is 1. The number of hydrogen-bond donors (Lipinski definition) is 0. The van der Waals surface area contributed by atoms with Crippen LogP contribution in [0.5, 0.6) is 0 Å². The molecule has 0 unspecified atom stereocenters. The van der Waals surface area contributed by atoms with Gasteiger partial charge in [0.05, 0.1) is 0 Å². The maximum atomic E-state index is 11.7. The van der Waals surface area contributed by atoms with Crippen molar-refractivity contribution in [2.45, 2.75) is 13.3 Å². The van der Waals surface area contributed by atoms with E-state index < -0.39 is 0 Å². The molecule has 0 aliphatic carbocycles. The fraction of sp³-hybridized carbons (Fsp3) is 0.300. The summed E-state index contributed by atoms with van der Waals surface area (Å²) < 4.78 is 1.51. The maximum Gasteiger partial charge on any atom is 0.245 e. The molecular formula is C10H11ClNOSi. The number of nitrogens with zero attached hydrogens (tertiary/aromatic N) is 1. The smallest absolute Gasteiger partial charge is 0.245 e. The summed E-state index contributed by atoms with van der Waals surface area (Å²) in [4.78, 5) is 11.7. The van der Waals surface area contributed by atoms with E-state index in [1.165, 1.54) is 4.57 Å². The van der Waals surface area contributed by atoms with Gasteiger partial charge in [-0.1, -0.05) is 24.6 Å². The van der Waals surface area contributed by atoms with Gasteiger partial charge in [0.15, 0.2) is 10.4 Å². The van der Waals surface area contributed by atoms with Gasteiger partial charge in [0, 0.05) is 17.1 Å². The van der Waals surface area contributed by atoms with E-state index in [0.717, 1.165) is 6.42 Å². The number of benzene rings is 1. The molecule has 1 amide bonds. The predicted octanol–water partition coefficient (Wildman–Crippen LogP) is 2.28. The average molecular weight is 225 g/mol. The fourth-order valence-electron chi connectivity index (χ4n) is 1.10. The van der Waals surface area contributed by atoms with E-state index in [1.807, 2.05) is 6.92 Å². The Balaban J connectivity index is 2.78. The van der Waals surface area contributed by atoms with E-state index in [1.54, 1.807) is 24.3 Å². The summed E-state index contributed by atoms with van der Waals surface area (Å²) in [6, 6.07) is 6.92. The average Bonchev–Trinajstić information content (AvgIpc) is 2.17. The summed E-state index contributed by atoms with van der Waals surface area (Å²) in [6.07, 6.45) is 0.913. The van der Waals surface area contributed by atoms with Crippen LogP contribution in [0.2, 0.25) is 5.02 Å². The third-order valence-electron chi connectivity index (χ3n) is 1.76. The van der Waals surface area contributed by atoms with Crippen LogP contribution in [0.4, 0.5) is 0 Å². The van der Waals surface area contributed by atoms with Gasteiger partial charge >= 0.3 is 0 Å². The third-order valence-corrected chi connectivity index (χ3v) is 2.43. The first kappa shape index (κ1) is 11.3. The first-order valence-corrected chi connectivity index (χ1v) is 5.26. The van der Waals surface area contributed by atoms with Crippen LogP contribution in [-0.2, 0) is 0 Å². The lowest BCUT2D eigenvalue weighted by Gasteiger charge is -2.15. The third kappa shape index (κ3) is 2.85. The molecule has 73 valence electrons. The number of carbonyl (C=O) groups is 1. The van der Waals surface area contributed by atoms with Crippen LogP contribution in [0.1, 0.15) is 23.7 Å². The highest BCUT2D eigenvalue weighted by molar-refractivity contribution is 6.31. The van der Waals surface area contributed by atoms with Crippen LogP contribution in [0.25, 0.3) is 0 Å². The molecule has 0 aromatic heterocycles. The molecule has 0 spiro atoms. The lowest BCUT2D eigenvalue weighted by atomic mass is 10.2. The molecule has 14 heavy (non-hydrogen) atoms. The Bertz CT molecular complexity index is 330. The Hall–Kier alpha value is -0.803. The largest absolute Gasteiger partial charge is 0.367 e. The van der Waals surface area contributed by atoms with Crippen molar-refractivity contribution in [3.8, 4) is 0 Å². The molecule has 3 radical (unpaired) electrons. The molecule has 0 aliphatic rings. The summed E-state index contributed by atoms with van der Waals surface area (Å²) >= 11 is 5.78. The first-order chi connectivity index (χ1) is 6.65. The maximum absolute atomic E-state index is 11.7. The molecule has 2 nitrogen and oxygen atoms in total. The van der Waals surface area contributed by atoms with Crippen molar-refractivity contribution in [2.24, 2.45) is 0 Å². The molecule has 0 saturated heterocycles. The van der Waals surface area contributed by atoms with Crippen LogP contribution in [-0.4, -0.2) is 27.4 Å². The van der Waals surface area contributed by atoms with E-state index in [9.17, 15) is 4.79 Å². The molecule has 0 fully saturated rings. The molecular weight excluding hydrogens is 214 g/mol. The zero-order chi connectivity index (χ0) is 10.6. The molecule has 4 heteroatoms. The monoisotopic (exact) mass is 224 g/mol. The Morgan fingerprint density at radius 2 is 2.29 bits per heavy atom. The fourth-order valence-corrected chi connectivity index (χ4v) is 1.65. The molecule has 0 heterocycles. The van der Waals surface area contributed by atoms with Crippen LogP contribution < -0.4 is 0 Å². The molecule has 1 aromatic carbocycles. The van der Waals surface area contributed by atoms with Crippen LogP contribution in [0.3, 0.4) is 0 Å². The van der Waals surface area contributed by atoms with Crippen molar-refractivity contribution in [3.63, 3.8) is 0 Å². The second-order valence-corrected chi connectivity index (χ2v) is 3.94. The first-order valence-electron chi connectivity index (χ1n) is 4.44. The summed E-state index contributed by atoms with van der Waals surface area (Å²) in [5.41, 5.74) is 0.598. The minimum absolute atomic E-state index is 0.0639. The number of carbonyl (C=O) groups excluding carboxylic acids is 1. The lowest BCUT2D eigenvalue weighted by Crippen LogP contribution is -2.28. The van der Waals surface area contributed by atoms with Gasteiger partial charge in [0.2, 0.25) is 5.91 Å².